The Labute approximate surface area is 97.9 Å². The van der Waals surface area contributed by atoms with Crippen molar-refractivity contribution in [2.45, 2.75) is 4.90 Å². The van der Waals surface area contributed by atoms with Crippen molar-refractivity contribution in [2.75, 3.05) is 0 Å². The molecule has 2 rings (SSSR count). The fourth-order valence-electron chi connectivity index (χ4n) is 1.28. The Morgan fingerprint density at radius 2 is 1.56 bits per heavy atom. The van der Waals surface area contributed by atoms with E-state index in [2.05, 4.69) is 0 Å². The molecule has 2 aromatic rings. The Balaban J connectivity index is 2.18. The van der Waals surface area contributed by atoms with Crippen LogP contribution >= 0.6 is 11.8 Å². The van der Waals surface area contributed by atoms with E-state index in [4.69, 9.17) is 0 Å². The maximum absolute atomic E-state index is 11.8. The van der Waals surface area contributed by atoms with Gasteiger partial charge in [-0.25, -0.2) is 0 Å². The van der Waals surface area contributed by atoms with Gasteiger partial charge in [-0.05, 0) is 23.9 Å². The number of para-hydroxylation sites is 1. The summed E-state index contributed by atoms with van der Waals surface area (Å²) in [6.45, 7) is 0. The van der Waals surface area contributed by atoms with Crippen molar-refractivity contribution in [2.24, 2.45) is 0 Å². The molecule has 0 saturated heterocycles. The van der Waals surface area contributed by atoms with E-state index in [-0.39, 0.29) is 10.9 Å². The van der Waals surface area contributed by atoms with E-state index in [0.29, 0.717) is 10.5 Å². The zero-order chi connectivity index (χ0) is 11.4. The molecule has 0 amide bonds. The largest absolute Gasteiger partial charge is 0.507 e. The molecular formula is C13H10O2S. The summed E-state index contributed by atoms with van der Waals surface area (Å²) < 4.78 is 0. The fraction of sp³-hybridized carbons (Fsp3) is 0. The molecule has 0 fully saturated rings. The molecule has 0 spiro atoms. The smallest absolute Gasteiger partial charge is 0.224 e. The van der Waals surface area contributed by atoms with Crippen LogP contribution in [0.25, 0.3) is 0 Å². The molecule has 0 unspecified atom stereocenters. The monoisotopic (exact) mass is 230 g/mol. The van der Waals surface area contributed by atoms with E-state index in [1.807, 2.05) is 18.2 Å². The molecule has 0 aliphatic rings. The molecular weight excluding hydrogens is 220 g/mol. The third-order valence-corrected chi connectivity index (χ3v) is 3.06. The molecule has 0 saturated carbocycles. The standard InChI is InChI=1S/C13H10O2S/c14-11-8-4-5-9-12(11)16-13(15)10-6-2-1-3-7-10/h1-9,14H. The summed E-state index contributed by atoms with van der Waals surface area (Å²) in [4.78, 5) is 12.4. The van der Waals surface area contributed by atoms with Crippen LogP contribution in [-0.2, 0) is 0 Å². The summed E-state index contributed by atoms with van der Waals surface area (Å²) in [6.07, 6.45) is 0. The van der Waals surface area contributed by atoms with Crippen LogP contribution in [-0.4, -0.2) is 10.2 Å². The van der Waals surface area contributed by atoms with Crippen molar-refractivity contribution in [3.05, 3.63) is 60.2 Å². The van der Waals surface area contributed by atoms with Gasteiger partial charge in [0.2, 0.25) is 5.12 Å². The first-order valence-corrected chi connectivity index (χ1v) is 5.64. The molecule has 2 nitrogen and oxygen atoms in total. The molecule has 16 heavy (non-hydrogen) atoms. The maximum atomic E-state index is 11.8. The van der Waals surface area contributed by atoms with Gasteiger partial charge in [0.1, 0.15) is 5.75 Å². The molecule has 0 bridgehead atoms. The maximum Gasteiger partial charge on any atom is 0.224 e. The summed E-state index contributed by atoms with van der Waals surface area (Å²) in [5.41, 5.74) is 0.635. The molecule has 0 radical (unpaired) electrons. The molecule has 1 N–H and O–H groups in total. The Bertz CT molecular complexity index is 494. The van der Waals surface area contributed by atoms with Crippen molar-refractivity contribution in [1.29, 1.82) is 0 Å². The number of hydrogen-bond acceptors (Lipinski definition) is 3. The van der Waals surface area contributed by atoms with Crippen LogP contribution in [0.5, 0.6) is 5.75 Å². The van der Waals surface area contributed by atoms with E-state index in [0.717, 1.165) is 11.8 Å². The molecule has 0 heterocycles. The average Bonchev–Trinajstić information content (AvgIpc) is 2.33. The number of phenols is 1. The van der Waals surface area contributed by atoms with Crippen LogP contribution in [0, 0.1) is 0 Å². The lowest BCUT2D eigenvalue weighted by molar-refractivity contribution is 0.108. The highest BCUT2D eigenvalue weighted by molar-refractivity contribution is 8.14. The number of phenolic OH excluding ortho intramolecular Hbond substituents is 1. The molecule has 2 aromatic carbocycles. The summed E-state index contributed by atoms with van der Waals surface area (Å²) in [6, 6.07) is 15.8. The highest BCUT2D eigenvalue weighted by atomic mass is 32.2. The number of carbonyl (C=O) groups excluding carboxylic acids is 1. The zero-order valence-electron chi connectivity index (χ0n) is 8.46. The second-order valence-corrected chi connectivity index (χ2v) is 4.24. The van der Waals surface area contributed by atoms with Gasteiger partial charge < -0.3 is 5.11 Å². The average molecular weight is 230 g/mol. The molecule has 0 aliphatic heterocycles. The predicted molar refractivity (Wildman–Crippen MR) is 64.7 cm³/mol. The minimum absolute atomic E-state index is 0.0675. The minimum atomic E-state index is -0.0675. The van der Waals surface area contributed by atoms with E-state index in [1.165, 1.54) is 0 Å². The van der Waals surface area contributed by atoms with Gasteiger partial charge in [0.05, 0.1) is 4.90 Å². The lowest BCUT2D eigenvalue weighted by Gasteiger charge is -2.02. The normalized spacial score (nSPS) is 10.0. The van der Waals surface area contributed by atoms with Crippen LogP contribution in [0.3, 0.4) is 0 Å². The Kier molecular flexibility index (Phi) is 3.27. The van der Waals surface area contributed by atoms with E-state index < -0.39 is 0 Å². The second kappa shape index (κ2) is 4.86. The SMILES string of the molecule is O=C(Sc1ccccc1O)c1ccccc1. The van der Waals surface area contributed by atoms with Gasteiger partial charge in [0.25, 0.3) is 0 Å². The summed E-state index contributed by atoms with van der Waals surface area (Å²) in [7, 11) is 0. The van der Waals surface area contributed by atoms with Crippen LogP contribution in [0.2, 0.25) is 0 Å². The highest BCUT2D eigenvalue weighted by Crippen LogP contribution is 2.30. The number of carbonyl (C=O) groups is 1. The Morgan fingerprint density at radius 1 is 0.938 bits per heavy atom. The van der Waals surface area contributed by atoms with Crippen molar-refractivity contribution in [1.82, 2.24) is 0 Å². The predicted octanol–water partition coefficient (Wildman–Crippen LogP) is 3.32. The lowest BCUT2D eigenvalue weighted by atomic mass is 10.2. The third kappa shape index (κ3) is 2.44. The third-order valence-electron chi connectivity index (χ3n) is 2.08. The van der Waals surface area contributed by atoms with Gasteiger partial charge in [-0.1, -0.05) is 42.5 Å². The van der Waals surface area contributed by atoms with Crippen LogP contribution in [0.4, 0.5) is 0 Å². The number of benzene rings is 2. The molecule has 80 valence electrons. The van der Waals surface area contributed by atoms with Gasteiger partial charge in [-0.3, -0.25) is 4.79 Å². The van der Waals surface area contributed by atoms with E-state index in [9.17, 15) is 9.90 Å². The van der Waals surface area contributed by atoms with Gasteiger partial charge in [0.15, 0.2) is 0 Å². The first-order valence-electron chi connectivity index (χ1n) is 4.82. The van der Waals surface area contributed by atoms with E-state index in [1.54, 1.807) is 36.4 Å². The van der Waals surface area contributed by atoms with Crippen LogP contribution < -0.4 is 0 Å². The zero-order valence-corrected chi connectivity index (χ0v) is 9.28. The van der Waals surface area contributed by atoms with Crippen LogP contribution in [0.15, 0.2) is 59.5 Å². The summed E-state index contributed by atoms with van der Waals surface area (Å²) >= 11 is 1.03. The second-order valence-electron chi connectivity index (χ2n) is 3.22. The van der Waals surface area contributed by atoms with Gasteiger partial charge >= 0.3 is 0 Å². The minimum Gasteiger partial charge on any atom is -0.507 e. The van der Waals surface area contributed by atoms with Gasteiger partial charge in [0, 0.05) is 5.56 Å². The number of thioether (sulfide) groups is 1. The van der Waals surface area contributed by atoms with Gasteiger partial charge in [-0.2, -0.15) is 0 Å². The van der Waals surface area contributed by atoms with Crippen molar-refractivity contribution >= 4 is 16.9 Å². The van der Waals surface area contributed by atoms with Crippen molar-refractivity contribution < 1.29 is 9.90 Å². The first-order chi connectivity index (χ1) is 7.77. The molecule has 0 atom stereocenters. The van der Waals surface area contributed by atoms with Crippen LogP contribution in [0.1, 0.15) is 10.4 Å². The van der Waals surface area contributed by atoms with Crippen molar-refractivity contribution in [3.63, 3.8) is 0 Å². The lowest BCUT2D eigenvalue weighted by Crippen LogP contribution is -1.92. The number of aromatic hydroxyl groups is 1. The Morgan fingerprint density at radius 3 is 2.25 bits per heavy atom. The highest BCUT2D eigenvalue weighted by Gasteiger charge is 2.09. The number of hydrogen-bond donors (Lipinski definition) is 1. The fourth-order valence-corrected chi connectivity index (χ4v) is 2.05. The topological polar surface area (TPSA) is 37.3 Å². The van der Waals surface area contributed by atoms with Crippen molar-refractivity contribution in [3.8, 4) is 5.75 Å². The molecule has 0 aliphatic carbocycles. The molecule has 3 heteroatoms. The number of rotatable bonds is 2. The molecule has 0 aromatic heterocycles. The van der Waals surface area contributed by atoms with Gasteiger partial charge in [-0.15, -0.1) is 0 Å². The van der Waals surface area contributed by atoms with E-state index >= 15 is 0 Å². The Hall–Kier alpha value is -1.74. The quantitative estimate of drug-likeness (QED) is 0.804. The first kappa shape index (κ1) is 10.8. The summed E-state index contributed by atoms with van der Waals surface area (Å²) in [5, 5.41) is 9.47. The summed E-state index contributed by atoms with van der Waals surface area (Å²) in [5.74, 6) is 0.136.